The van der Waals surface area contributed by atoms with E-state index in [0.717, 1.165) is 0 Å². The molecule has 0 aromatic carbocycles. The summed E-state index contributed by atoms with van der Waals surface area (Å²) in [5, 5.41) is 29.0. The topological polar surface area (TPSA) is 161 Å². The number of aliphatic hydroxyl groups is 1. The number of aliphatic carboxylic acids is 1. The quantitative estimate of drug-likeness (QED) is 0.282. The van der Waals surface area contributed by atoms with Crippen molar-refractivity contribution in [1.82, 2.24) is 9.80 Å². The number of nitrogens with two attached hydrogens (primary N) is 1. The minimum atomic E-state index is -1.23. The molecule has 31 heavy (non-hydrogen) atoms. The molecule has 0 spiro atoms. The zero-order valence-corrected chi connectivity index (χ0v) is 18.9. The number of carbonyl (C=O) groups excluding carboxylic acids is 2. The Kier molecular flexibility index (Phi) is 7.11. The Morgan fingerprint density at radius 1 is 1.26 bits per heavy atom. The van der Waals surface area contributed by atoms with Gasteiger partial charge in [0.05, 0.1) is 23.4 Å². The number of rotatable bonds is 9. The highest BCUT2D eigenvalue weighted by Crippen LogP contribution is 2.52. The van der Waals surface area contributed by atoms with Gasteiger partial charge in [-0.2, -0.15) is 11.8 Å². The van der Waals surface area contributed by atoms with Gasteiger partial charge in [0.1, 0.15) is 5.70 Å². The third kappa shape index (κ3) is 4.37. The smallest absolute Gasteiger partial charge is 0.408 e. The Morgan fingerprint density at radius 2 is 1.94 bits per heavy atom. The second-order valence-electron chi connectivity index (χ2n) is 8.06. The largest absolute Gasteiger partial charge is 0.477 e. The fourth-order valence-corrected chi connectivity index (χ4v) is 7.31. The summed E-state index contributed by atoms with van der Waals surface area (Å²) >= 11 is 2.66. The summed E-state index contributed by atoms with van der Waals surface area (Å²) in [6, 6.07) is -0.678. The SMILES string of the molecule is CC(O)C1C(=O)N2C(C(=O)O)=C(SC3CCC(CSCCC(N)=O)N3C(=O)O)C(C)C12. The number of aliphatic hydroxyl groups excluding tert-OH is 1. The van der Waals surface area contributed by atoms with E-state index in [0.29, 0.717) is 29.3 Å². The number of β-lactam (4-membered cyclic amide) rings is 1. The van der Waals surface area contributed by atoms with Crippen molar-refractivity contribution in [1.29, 1.82) is 0 Å². The van der Waals surface area contributed by atoms with Crippen LogP contribution in [0, 0.1) is 11.8 Å². The summed E-state index contributed by atoms with van der Waals surface area (Å²) < 4.78 is 0. The summed E-state index contributed by atoms with van der Waals surface area (Å²) in [5.41, 5.74) is 5.03. The molecule has 6 atom stereocenters. The van der Waals surface area contributed by atoms with Crippen LogP contribution in [-0.4, -0.2) is 84.1 Å². The number of thioether (sulfide) groups is 2. The van der Waals surface area contributed by atoms with Crippen LogP contribution in [0.4, 0.5) is 4.79 Å². The zero-order valence-electron chi connectivity index (χ0n) is 17.3. The third-order valence-corrected chi connectivity index (χ3v) is 8.72. The van der Waals surface area contributed by atoms with Crippen molar-refractivity contribution in [2.24, 2.45) is 17.6 Å². The number of carboxylic acids is 1. The van der Waals surface area contributed by atoms with Crippen LogP contribution in [0.2, 0.25) is 0 Å². The van der Waals surface area contributed by atoms with Crippen molar-refractivity contribution in [2.75, 3.05) is 11.5 Å². The van der Waals surface area contributed by atoms with Gasteiger partial charge in [-0.25, -0.2) is 9.59 Å². The van der Waals surface area contributed by atoms with Crippen molar-refractivity contribution in [3.8, 4) is 0 Å². The molecule has 3 rings (SSSR count). The van der Waals surface area contributed by atoms with E-state index in [9.17, 15) is 34.5 Å². The fraction of sp³-hybridized carbons (Fsp3) is 0.684. The van der Waals surface area contributed by atoms with Crippen LogP contribution in [0.5, 0.6) is 0 Å². The number of primary amides is 1. The highest BCUT2D eigenvalue weighted by molar-refractivity contribution is 8.03. The first kappa shape index (κ1) is 23.7. The summed E-state index contributed by atoms with van der Waals surface area (Å²) in [6.45, 7) is 3.33. The van der Waals surface area contributed by atoms with Crippen LogP contribution in [-0.2, 0) is 14.4 Å². The molecule has 12 heteroatoms. The Bertz CT molecular complexity index is 818. The van der Waals surface area contributed by atoms with Gasteiger partial charge in [0.15, 0.2) is 0 Å². The highest BCUT2D eigenvalue weighted by Gasteiger charge is 2.60. The average Bonchev–Trinajstić information content (AvgIpc) is 3.16. The van der Waals surface area contributed by atoms with Gasteiger partial charge in [-0.1, -0.05) is 6.92 Å². The molecule has 172 valence electrons. The Labute approximate surface area is 188 Å². The lowest BCUT2D eigenvalue weighted by Gasteiger charge is -2.46. The normalized spacial score (nSPS) is 30.9. The maximum atomic E-state index is 12.5. The molecule has 0 radical (unpaired) electrons. The Morgan fingerprint density at radius 3 is 2.48 bits per heavy atom. The van der Waals surface area contributed by atoms with Crippen LogP contribution in [0.25, 0.3) is 0 Å². The van der Waals surface area contributed by atoms with Crippen LogP contribution in [0.3, 0.4) is 0 Å². The van der Waals surface area contributed by atoms with Gasteiger partial charge in [-0.15, -0.1) is 11.8 Å². The number of fused-ring (bicyclic) bond motifs is 1. The molecule has 0 aliphatic carbocycles. The van der Waals surface area contributed by atoms with Crippen molar-refractivity contribution >= 4 is 47.4 Å². The first-order chi connectivity index (χ1) is 14.6. The predicted molar refractivity (Wildman–Crippen MR) is 115 cm³/mol. The number of nitrogens with zero attached hydrogens (tertiary/aromatic N) is 2. The lowest BCUT2D eigenvalue weighted by molar-refractivity contribution is -0.163. The second kappa shape index (κ2) is 9.29. The summed E-state index contributed by atoms with van der Waals surface area (Å²) in [7, 11) is 0. The molecular formula is C19H27N3O7S2. The van der Waals surface area contributed by atoms with Crippen molar-refractivity contribution < 1.29 is 34.5 Å². The van der Waals surface area contributed by atoms with E-state index in [1.54, 1.807) is 0 Å². The minimum Gasteiger partial charge on any atom is -0.477 e. The van der Waals surface area contributed by atoms with E-state index in [1.165, 1.54) is 40.2 Å². The lowest BCUT2D eigenvalue weighted by Crippen LogP contribution is -2.63. The zero-order chi connectivity index (χ0) is 23.0. The molecule has 0 saturated carbocycles. The van der Waals surface area contributed by atoms with Gasteiger partial charge < -0.3 is 26.0 Å². The van der Waals surface area contributed by atoms with Crippen LogP contribution < -0.4 is 5.73 Å². The Balaban J connectivity index is 1.76. The van der Waals surface area contributed by atoms with Crippen LogP contribution >= 0.6 is 23.5 Å². The minimum absolute atomic E-state index is 0.103. The summed E-state index contributed by atoms with van der Waals surface area (Å²) in [5.74, 6) is -1.97. The van der Waals surface area contributed by atoms with E-state index >= 15 is 0 Å². The molecule has 2 fully saturated rings. The van der Waals surface area contributed by atoms with Gasteiger partial charge in [-0.05, 0) is 19.8 Å². The second-order valence-corrected chi connectivity index (χ2v) is 10.4. The summed E-state index contributed by atoms with van der Waals surface area (Å²) in [6.07, 6.45) is -0.566. The van der Waals surface area contributed by atoms with E-state index < -0.39 is 47.3 Å². The average molecular weight is 474 g/mol. The number of likely N-dealkylation sites (tertiary alicyclic amines) is 1. The Hall–Kier alpha value is -1.92. The van der Waals surface area contributed by atoms with Crippen molar-refractivity contribution in [3.05, 3.63) is 10.6 Å². The number of amides is 3. The third-order valence-electron chi connectivity index (χ3n) is 6.05. The molecule has 5 N–H and O–H groups in total. The van der Waals surface area contributed by atoms with Gasteiger partial charge in [0, 0.05) is 34.8 Å². The molecule has 0 aromatic rings. The molecule has 3 aliphatic rings. The molecule has 0 bridgehead atoms. The standard InChI is InChI=1S/C19H27N3O7S2/c1-8-14-13(9(2)23)17(25)22(14)15(18(26)27)16(8)31-12-4-3-10(21(12)19(28)29)7-30-6-5-11(20)24/h8-10,12-14,23H,3-7H2,1-2H3,(H2,20,24)(H,26,27)(H,28,29). The first-order valence-corrected chi connectivity index (χ1v) is 12.1. The lowest BCUT2D eigenvalue weighted by atomic mass is 9.79. The number of hydrogen-bond donors (Lipinski definition) is 4. The molecule has 0 aromatic heterocycles. The molecule has 2 saturated heterocycles. The monoisotopic (exact) mass is 473 g/mol. The summed E-state index contributed by atoms with van der Waals surface area (Å²) in [4.78, 5) is 50.3. The highest BCUT2D eigenvalue weighted by atomic mass is 32.2. The van der Waals surface area contributed by atoms with Gasteiger partial charge in [-0.3, -0.25) is 14.5 Å². The molecule has 3 aliphatic heterocycles. The van der Waals surface area contributed by atoms with E-state index in [1.807, 2.05) is 6.92 Å². The van der Waals surface area contributed by atoms with Crippen molar-refractivity contribution in [3.63, 3.8) is 0 Å². The molecular weight excluding hydrogens is 446 g/mol. The van der Waals surface area contributed by atoms with Gasteiger partial charge >= 0.3 is 12.1 Å². The maximum absolute atomic E-state index is 12.5. The maximum Gasteiger partial charge on any atom is 0.408 e. The molecule has 10 nitrogen and oxygen atoms in total. The van der Waals surface area contributed by atoms with Crippen molar-refractivity contribution in [2.45, 2.75) is 56.7 Å². The first-order valence-electron chi connectivity index (χ1n) is 10.1. The van der Waals surface area contributed by atoms with E-state index in [4.69, 9.17) is 5.73 Å². The van der Waals surface area contributed by atoms with E-state index in [-0.39, 0.29) is 24.1 Å². The fourth-order valence-electron chi connectivity index (χ4n) is 4.62. The van der Waals surface area contributed by atoms with Gasteiger partial charge in [0.2, 0.25) is 11.8 Å². The van der Waals surface area contributed by atoms with E-state index in [2.05, 4.69) is 0 Å². The number of carbonyl (C=O) groups is 4. The number of hydrogen-bond acceptors (Lipinski definition) is 7. The molecule has 3 amide bonds. The molecule has 6 unspecified atom stereocenters. The van der Waals surface area contributed by atoms with Crippen LogP contribution in [0.15, 0.2) is 10.6 Å². The van der Waals surface area contributed by atoms with Crippen LogP contribution in [0.1, 0.15) is 33.1 Å². The van der Waals surface area contributed by atoms with Gasteiger partial charge in [0.25, 0.3) is 0 Å². The number of carboxylic acid groups (broad SMARTS) is 2. The predicted octanol–water partition coefficient (Wildman–Crippen LogP) is 0.950. The molecule has 3 heterocycles.